The number of thiazole rings is 1. The number of rotatable bonds is 3. The average molecular weight is 270 g/mol. The van der Waals surface area contributed by atoms with Crippen LogP contribution in [-0.4, -0.2) is 46.1 Å². The lowest BCUT2D eigenvalue weighted by Gasteiger charge is -2.37. The molecule has 0 bridgehead atoms. The molecule has 2 heterocycles. The molecular formula is C11H14N2O4S. The van der Waals surface area contributed by atoms with E-state index in [-0.39, 0.29) is 12.5 Å². The van der Waals surface area contributed by atoms with Gasteiger partial charge in [0, 0.05) is 17.6 Å². The van der Waals surface area contributed by atoms with Crippen LogP contribution in [0.4, 0.5) is 0 Å². The van der Waals surface area contributed by atoms with Crippen LogP contribution in [0.1, 0.15) is 23.7 Å². The molecule has 2 unspecified atom stereocenters. The van der Waals surface area contributed by atoms with Gasteiger partial charge in [-0.3, -0.25) is 4.79 Å². The van der Waals surface area contributed by atoms with Gasteiger partial charge in [-0.2, -0.15) is 0 Å². The van der Waals surface area contributed by atoms with Crippen molar-refractivity contribution in [3.63, 3.8) is 0 Å². The van der Waals surface area contributed by atoms with Crippen LogP contribution in [0.3, 0.4) is 0 Å². The van der Waals surface area contributed by atoms with E-state index in [4.69, 9.17) is 4.74 Å². The second-order valence-corrected chi connectivity index (χ2v) is 4.91. The van der Waals surface area contributed by atoms with Gasteiger partial charge in [-0.05, 0) is 13.8 Å². The Labute approximate surface area is 108 Å². The summed E-state index contributed by atoms with van der Waals surface area (Å²) in [6, 6.07) is -0.632. The van der Waals surface area contributed by atoms with Gasteiger partial charge in [-0.25, -0.2) is 9.78 Å². The molecular weight excluding hydrogens is 256 g/mol. The number of aliphatic carboxylic acids is 1. The summed E-state index contributed by atoms with van der Waals surface area (Å²) >= 11 is 1.35. The molecule has 1 fully saturated rings. The summed E-state index contributed by atoms with van der Waals surface area (Å²) in [5.41, 5.74) is 0.813. The topological polar surface area (TPSA) is 79.7 Å². The Bertz CT molecular complexity index is 471. The molecule has 6 nitrogen and oxygen atoms in total. The van der Waals surface area contributed by atoms with Crippen molar-refractivity contribution in [2.75, 3.05) is 13.2 Å². The second kappa shape index (κ2) is 5.03. The maximum absolute atomic E-state index is 11.8. The molecule has 0 radical (unpaired) electrons. The Hall–Kier alpha value is -1.47. The average Bonchev–Trinajstić information content (AvgIpc) is 2.74. The number of hydrogen-bond donors (Lipinski definition) is 1. The minimum atomic E-state index is -1.07. The highest BCUT2D eigenvalue weighted by Crippen LogP contribution is 2.32. The molecule has 1 saturated heterocycles. The third-order valence-corrected chi connectivity index (χ3v) is 3.84. The zero-order valence-corrected chi connectivity index (χ0v) is 10.9. The van der Waals surface area contributed by atoms with Crippen LogP contribution in [0.2, 0.25) is 0 Å². The molecule has 0 spiro atoms. The highest BCUT2D eigenvalue weighted by Gasteiger charge is 2.42. The number of carbonyl (C=O) groups excluding carboxylic acids is 1. The van der Waals surface area contributed by atoms with Crippen LogP contribution >= 0.6 is 11.3 Å². The third kappa shape index (κ3) is 2.23. The second-order valence-electron chi connectivity index (χ2n) is 4.02. The van der Waals surface area contributed by atoms with E-state index >= 15 is 0 Å². The van der Waals surface area contributed by atoms with Crippen molar-refractivity contribution in [2.45, 2.75) is 26.0 Å². The van der Waals surface area contributed by atoms with E-state index in [0.717, 1.165) is 5.69 Å². The lowest BCUT2D eigenvalue weighted by atomic mass is 10.1. The van der Waals surface area contributed by atoms with E-state index in [1.54, 1.807) is 0 Å². The molecule has 1 amide bonds. The molecule has 0 aliphatic carbocycles. The Morgan fingerprint density at radius 1 is 1.72 bits per heavy atom. The molecule has 0 aromatic carbocycles. The minimum absolute atomic E-state index is 0.189. The standard InChI is InChI=1S/C11H14N2O4S/c1-3-13-7(14)4-17-9(11(15)16)8(13)10-12-6(2)5-18-10/h5,8-9H,3-4H2,1-2H3,(H,15,16). The zero-order chi connectivity index (χ0) is 13.3. The van der Waals surface area contributed by atoms with Gasteiger partial charge in [0.1, 0.15) is 17.7 Å². The molecule has 2 rings (SSSR count). The number of likely N-dealkylation sites (N-methyl/N-ethyl adjacent to an activating group) is 1. The summed E-state index contributed by atoms with van der Waals surface area (Å²) in [6.07, 6.45) is -1.05. The number of carbonyl (C=O) groups is 2. The lowest BCUT2D eigenvalue weighted by molar-refractivity contribution is -0.172. The first-order valence-corrected chi connectivity index (χ1v) is 6.48. The Morgan fingerprint density at radius 2 is 2.44 bits per heavy atom. The van der Waals surface area contributed by atoms with Gasteiger partial charge < -0.3 is 14.7 Å². The van der Waals surface area contributed by atoms with Crippen molar-refractivity contribution in [3.8, 4) is 0 Å². The maximum atomic E-state index is 11.8. The number of nitrogens with zero attached hydrogens (tertiary/aromatic N) is 2. The normalized spacial score (nSPS) is 24.3. The Balaban J connectivity index is 2.39. The van der Waals surface area contributed by atoms with Crippen LogP contribution in [0.15, 0.2) is 5.38 Å². The highest BCUT2D eigenvalue weighted by atomic mass is 32.1. The number of aryl methyl sites for hydroxylation is 1. The number of hydrogen-bond acceptors (Lipinski definition) is 5. The van der Waals surface area contributed by atoms with Crippen LogP contribution < -0.4 is 0 Å². The fourth-order valence-electron chi connectivity index (χ4n) is 2.00. The van der Waals surface area contributed by atoms with E-state index in [2.05, 4.69) is 4.98 Å². The number of carboxylic acids is 1. The summed E-state index contributed by atoms with van der Waals surface area (Å²) < 4.78 is 5.14. The smallest absolute Gasteiger partial charge is 0.335 e. The van der Waals surface area contributed by atoms with Crippen LogP contribution in [-0.2, 0) is 14.3 Å². The predicted molar refractivity (Wildman–Crippen MR) is 64.4 cm³/mol. The van der Waals surface area contributed by atoms with Crippen molar-refractivity contribution >= 4 is 23.2 Å². The quantitative estimate of drug-likeness (QED) is 0.879. The third-order valence-electron chi connectivity index (χ3n) is 2.80. The number of aromatic nitrogens is 1. The summed E-state index contributed by atoms with van der Waals surface area (Å²) in [5.74, 6) is -1.27. The molecule has 1 aliphatic rings. The largest absolute Gasteiger partial charge is 0.479 e. The highest BCUT2D eigenvalue weighted by molar-refractivity contribution is 7.09. The molecule has 1 aliphatic heterocycles. The minimum Gasteiger partial charge on any atom is -0.479 e. The number of morpholine rings is 1. The molecule has 2 atom stereocenters. The fourth-order valence-corrected chi connectivity index (χ4v) is 2.93. The Morgan fingerprint density at radius 3 is 2.94 bits per heavy atom. The van der Waals surface area contributed by atoms with Crippen molar-refractivity contribution in [1.29, 1.82) is 0 Å². The predicted octanol–water partition coefficient (Wildman–Crippen LogP) is 0.825. The molecule has 1 N–H and O–H groups in total. The molecule has 98 valence electrons. The van der Waals surface area contributed by atoms with Crippen LogP contribution in [0.25, 0.3) is 0 Å². The summed E-state index contributed by atoms with van der Waals surface area (Å²) in [7, 11) is 0. The van der Waals surface area contributed by atoms with Gasteiger partial charge >= 0.3 is 5.97 Å². The number of ether oxygens (including phenoxy) is 1. The van der Waals surface area contributed by atoms with Gasteiger partial charge in [-0.15, -0.1) is 11.3 Å². The molecule has 7 heteroatoms. The maximum Gasteiger partial charge on any atom is 0.335 e. The first kappa shape index (κ1) is 13.0. The van der Waals surface area contributed by atoms with Gasteiger partial charge in [-0.1, -0.05) is 0 Å². The first-order valence-electron chi connectivity index (χ1n) is 5.60. The molecule has 1 aromatic heterocycles. The fraction of sp³-hybridized carbons (Fsp3) is 0.545. The first-order chi connectivity index (χ1) is 8.54. The van der Waals surface area contributed by atoms with E-state index < -0.39 is 18.1 Å². The summed E-state index contributed by atoms with van der Waals surface area (Å²) in [4.78, 5) is 28.8. The van der Waals surface area contributed by atoms with E-state index in [1.807, 2.05) is 19.2 Å². The summed E-state index contributed by atoms with van der Waals surface area (Å²) in [5, 5.41) is 11.6. The van der Waals surface area contributed by atoms with Gasteiger partial charge in [0.15, 0.2) is 6.10 Å². The van der Waals surface area contributed by atoms with E-state index in [1.165, 1.54) is 16.2 Å². The van der Waals surface area contributed by atoms with Crippen LogP contribution in [0, 0.1) is 6.92 Å². The van der Waals surface area contributed by atoms with Crippen molar-refractivity contribution in [1.82, 2.24) is 9.88 Å². The number of carboxylic acid groups (broad SMARTS) is 1. The number of amides is 1. The zero-order valence-electron chi connectivity index (χ0n) is 10.1. The van der Waals surface area contributed by atoms with E-state index in [9.17, 15) is 14.7 Å². The SMILES string of the molecule is CCN1C(=O)COC(C(=O)O)C1c1nc(C)cs1. The molecule has 1 aromatic rings. The van der Waals surface area contributed by atoms with Crippen LogP contribution in [0.5, 0.6) is 0 Å². The lowest BCUT2D eigenvalue weighted by Crippen LogP contribution is -2.51. The van der Waals surface area contributed by atoms with Gasteiger partial charge in [0.05, 0.1) is 0 Å². The van der Waals surface area contributed by atoms with Gasteiger partial charge in [0.25, 0.3) is 0 Å². The van der Waals surface area contributed by atoms with Crippen molar-refractivity contribution in [3.05, 3.63) is 16.1 Å². The Kier molecular flexibility index (Phi) is 3.63. The van der Waals surface area contributed by atoms with E-state index in [0.29, 0.717) is 11.6 Å². The van der Waals surface area contributed by atoms with Crippen molar-refractivity contribution < 1.29 is 19.4 Å². The molecule has 0 saturated carbocycles. The summed E-state index contributed by atoms with van der Waals surface area (Å²) in [6.45, 7) is 3.90. The van der Waals surface area contributed by atoms with Gasteiger partial charge in [0.2, 0.25) is 5.91 Å². The molecule has 18 heavy (non-hydrogen) atoms. The monoisotopic (exact) mass is 270 g/mol. The van der Waals surface area contributed by atoms with Crippen molar-refractivity contribution in [2.24, 2.45) is 0 Å².